The molecule has 0 aliphatic heterocycles. The fraction of sp³-hybridized carbons (Fsp3) is 0.385. The monoisotopic (exact) mass is 266 g/mol. The first kappa shape index (κ1) is 12.1. The van der Waals surface area contributed by atoms with Crippen LogP contribution in [-0.2, 0) is 0 Å². The molecule has 4 nitrogen and oxygen atoms in total. The number of fused-ring (bicyclic) bond motifs is 1. The summed E-state index contributed by atoms with van der Waals surface area (Å²) in [5.74, 6) is 0.183. The van der Waals surface area contributed by atoms with E-state index in [9.17, 15) is 13.6 Å². The van der Waals surface area contributed by atoms with Crippen molar-refractivity contribution in [3.8, 4) is 5.75 Å². The highest BCUT2D eigenvalue weighted by Crippen LogP contribution is 2.39. The summed E-state index contributed by atoms with van der Waals surface area (Å²) in [6, 6.07) is 4.32. The number of pyridine rings is 1. The first-order valence-electron chi connectivity index (χ1n) is 6.03. The maximum Gasteiger partial charge on any atom is 0.395 e. The van der Waals surface area contributed by atoms with Crippen molar-refractivity contribution in [3.05, 3.63) is 40.4 Å². The summed E-state index contributed by atoms with van der Waals surface area (Å²) in [4.78, 5) is 16.2. The predicted octanol–water partition coefficient (Wildman–Crippen LogP) is 2.56. The third-order valence-corrected chi connectivity index (χ3v) is 2.96. The van der Waals surface area contributed by atoms with Crippen LogP contribution >= 0.6 is 0 Å². The molecule has 0 saturated heterocycles. The quantitative estimate of drug-likeness (QED) is 0.857. The number of nitrogens with zero attached hydrogens (tertiary/aromatic N) is 2. The molecule has 1 aliphatic rings. The Morgan fingerprint density at radius 1 is 1.47 bits per heavy atom. The molecule has 2 aromatic rings. The van der Waals surface area contributed by atoms with Gasteiger partial charge in [-0.25, -0.2) is 4.98 Å². The van der Waals surface area contributed by atoms with Crippen molar-refractivity contribution in [1.82, 2.24) is 9.38 Å². The summed E-state index contributed by atoms with van der Waals surface area (Å²) >= 11 is 0. The van der Waals surface area contributed by atoms with Crippen LogP contribution < -0.4 is 10.3 Å². The number of halogens is 2. The highest BCUT2D eigenvalue weighted by Gasteiger charge is 2.28. The van der Waals surface area contributed by atoms with Gasteiger partial charge in [-0.05, 0) is 25.0 Å². The minimum atomic E-state index is -3.31. The summed E-state index contributed by atoms with van der Waals surface area (Å²) in [7, 11) is 0. The molecule has 2 aromatic heterocycles. The van der Waals surface area contributed by atoms with Crippen LogP contribution in [0, 0.1) is 0 Å². The van der Waals surface area contributed by atoms with Gasteiger partial charge in [0.15, 0.2) is 11.4 Å². The van der Waals surface area contributed by atoms with E-state index in [1.807, 2.05) is 0 Å². The second-order valence-corrected chi connectivity index (χ2v) is 4.77. The standard InChI is InChI=1S/C13H12F2N2O2/c1-13(14,15)19-10-3-2-6-17-11(18)7-9(8-4-5-8)16-12(10)17/h2-3,6-8H,4-5H2,1H3. The summed E-state index contributed by atoms with van der Waals surface area (Å²) < 4.78 is 31.7. The van der Waals surface area contributed by atoms with Gasteiger partial charge in [0.1, 0.15) is 0 Å². The summed E-state index contributed by atoms with van der Waals surface area (Å²) in [5, 5.41) is 0. The van der Waals surface area contributed by atoms with E-state index in [-0.39, 0.29) is 22.9 Å². The minimum absolute atomic E-state index is 0.0883. The normalized spacial score (nSPS) is 15.7. The van der Waals surface area contributed by atoms with Gasteiger partial charge in [-0.1, -0.05) is 0 Å². The molecule has 19 heavy (non-hydrogen) atoms. The van der Waals surface area contributed by atoms with Crippen LogP contribution in [0.25, 0.3) is 5.65 Å². The van der Waals surface area contributed by atoms with E-state index >= 15 is 0 Å². The average Bonchev–Trinajstić information content (AvgIpc) is 3.12. The van der Waals surface area contributed by atoms with E-state index in [0.29, 0.717) is 12.6 Å². The topological polar surface area (TPSA) is 43.6 Å². The molecule has 0 amide bonds. The first-order valence-corrected chi connectivity index (χ1v) is 6.03. The molecule has 1 aliphatic carbocycles. The molecule has 1 saturated carbocycles. The van der Waals surface area contributed by atoms with Gasteiger partial charge >= 0.3 is 6.11 Å². The highest BCUT2D eigenvalue weighted by atomic mass is 19.3. The molecular formula is C13H12F2N2O2. The zero-order valence-electron chi connectivity index (χ0n) is 10.3. The molecule has 0 atom stereocenters. The number of hydrogen-bond acceptors (Lipinski definition) is 3. The molecule has 6 heteroatoms. The van der Waals surface area contributed by atoms with Gasteiger partial charge in [-0.3, -0.25) is 9.20 Å². The Hall–Kier alpha value is -1.98. The Labute approximate surface area is 107 Å². The van der Waals surface area contributed by atoms with Gasteiger partial charge in [-0.2, -0.15) is 8.78 Å². The lowest BCUT2D eigenvalue weighted by Crippen LogP contribution is -2.22. The van der Waals surface area contributed by atoms with Crippen molar-refractivity contribution < 1.29 is 13.5 Å². The molecule has 0 spiro atoms. The average molecular weight is 266 g/mol. The first-order chi connectivity index (χ1) is 8.94. The highest BCUT2D eigenvalue weighted by molar-refractivity contribution is 5.54. The largest absolute Gasteiger partial charge is 0.429 e. The Kier molecular flexibility index (Phi) is 2.55. The lowest BCUT2D eigenvalue weighted by Gasteiger charge is -2.14. The van der Waals surface area contributed by atoms with Gasteiger partial charge in [-0.15, -0.1) is 0 Å². The van der Waals surface area contributed by atoms with E-state index < -0.39 is 6.11 Å². The van der Waals surface area contributed by atoms with Gasteiger partial charge in [0.25, 0.3) is 5.56 Å². The fourth-order valence-electron chi connectivity index (χ4n) is 1.98. The number of ether oxygens (including phenoxy) is 1. The predicted molar refractivity (Wildman–Crippen MR) is 64.7 cm³/mol. The van der Waals surface area contributed by atoms with Crippen molar-refractivity contribution in [2.24, 2.45) is 0 Å². The number of alkyl halides is 2. The molecule has 0 bridgehead atoms. The minimum Gasteiger partial charge on any atom is -0.429 e. The molecular weight excluding hydrogens is 254 g/mol. The van der Waals surface area contributed by atoms with Gasteiger partial charge in [0.05, 0.1) is 5.69 Å². The van der Waals surface area contributed by atoms with E-state index in [2.05, 4.69) is 9.72 Å². The van der Waals surface area contributed by atoms with Crippen molar-refractivity contribution in [1.29, 1.82) is 0 Å². The van der Waals surface area contributed by atoms with Crippen LogP contribution in [0.5, 0.6) is 5.75 Å². The van der Waals surface area contributed by atoms with Crippen LogP contribution in [0.15, 0.2) is 29.2 Å². The van der Waals surface area contributed by atoms with Crippen LogP contribution in [0.1, 0.15) is 31.4 Å². The smallest absolute Gasteiger partial charge is 0.395 e. The number of hydrogen-bond donors (Lipinski definition) is 0. The fourth-order valence-corrected chi connectivity index (χ4v) is 1.98. The molecule has 0 unspecified atom stereocenters. The van der Waals surface area contributed by atoms with Crippen LogP contribution in [0.3, 0.4) is 0 Å². The molecule has 0 radical (unpaired) electrons. The molecule has 2 heterocycles. The van der Waals surface area contributed by atoms with Crippen molar-refractivity contribution >= 4 is 5.65 Å². The SMILES string of the molecule is CC(F)(F)Oc1cccn2c(=O)cc(C3CC3)nc12. The van der Waals surface area contributed by atoms with E-state index in [0.717, 1.165) is 12.8 Å². The van der Waals surface area contributed by atoms with Crippen LogP contribution in [0.2, 0.25) is 0 Å². The van der Waals surface area contributed by atoms with E-state index in [4.69, 9.17) is 0 Å². The second-order valence-electron chi connectivity index (χ2n) is 4.77. The van der Waals surface area contributed by atoms with Crippen molar-refractivity contribution in [3.63, 3.8) is 0 Å². The molecule has 1 fully saturated rings. The summed E-state index contributed by atoms with van der Waals surface area (Å²) in [6.07, 6.45) is 0.141. The van der Waals surface area contributed by atoms with Crippen molar-refractivity contribution in [2.45, 2.75) is 31.8 Å². The van der Waals surface area contributed by atoms with Crippen LogP contribution in [0.4, 0.5) is 8.78 Å². The molecule has 0 N–H and O–H groups in total. The lowest BCUT2D eigenvalue weighted by molar-refractivity contribution is -0.158. The zero-order chi connectivity index (χ0) is 13.6. The summed E-state index contributed by atoms with van der Waals surface area (Å²) in [5.41, 5.74) is 0.510. The maximum atomic E-state index is 13.0. The third-order valence-electron chi connectivity index (χ3n) is 2.96. The maximum absolute atomic E-state index is 13.0. The molecule has 100 valence electrons. The van der Waals surface area contributed by atoms with E-state index in [1.165, 1.54) is 28.8 Å². The lowest BCUT2D eigenvalue weighted by atomic mass is 10.3. The zero-order valence-corrected chi connectivity index (χ0v) is 10.3. The molecule has 3 rings (SSSR count). The molecule has 0 aromatic carbocycles. The Morgan fingerprint density at radius 3 is 2.84 bits per heavy atom. The Morgan fingerprint density at radius 2 is 2.21 bits per heavy atom. The number of rotatable bonds is 3. The Bertz CT molecular complexity index is 687. The van der Waals surface area contributed by atoms with Gasteiger partial charge < -0.3 is 4.74 Å². The summed E-state index contributed by atoms with van der Waals surface area (Å²) in [6.45, 7) is 0.652. The second kappa shape index (κ2) is 4.01. The number of aromatic nitrogens is 2. The van der Waals surface area contributed by atoms with Crippen molar-refractivity contribution in [2.75, 3.05) is 0 Å². The van der Waals surface area contributed by atoms with Gasteiger partial charge in [0, 0.05) is 25.1 Å². The Balaban J connectivity index is 2.19. The third kappa shape index (κ3) is 2.43. The van der Waals surface area contributed by atoms with E-state index in [1.54, 1.807) is 0 Å². The van der Waals surface area contributed by atoms with Gasteiger partial charge in [0.2, 0.25) is 0 Å². The van der Waals surface area contributed by atoms with Crippen LogP contribution in [-0.4, -0.2) is 15.5 Å².